The van der Waals surface area contributed by atoms with Crippen LogP contribution in [0.25, 0.3) is 11.1 Å². The molecule has 2 N–H and O–H groups in total. The molecule has 74 valence electrons. The highest BCUT2D eigenvalue weighted by Gasteiger charge is 2.16. The first-order chi connectivity index (χ1) is 6.47. The average Bonchev–Trinajstić information content (AvgIpc) is 2.45. The number of rotatable bonds is 1. The van der Waals surface area contributed by atoms with Crippen LogP contribution < -0.4 is 5.14 Å². The molecule has 1 aromatic carbocycles. The van der Waals surface area contributed by atoms with E-state index in [1.807, 2.05) is 0 Å². The standard InChI is InChI=1S/C7H5BrN2O3S/c8-4-1-2-5-6(3-4)13-7(10-5)14(9,11)12/h1-3H,(H2,9,11,12). The molecule has 5 nitrogen and oxygen atoms in total. The van der Waals surface area contributed by atoms with E-state index in [0.29, 0.717) is 11.1 Å². The van der Waals surface area contributed by atoms with Crippen molar-refractivity contribution >= 4 is 37.1 Å². The van der Waals surface area contributed by atoms with Crippen LogP contribution in [-0.2, 0) is 10.0 Å². The lowest BCUT2D eigenvalue weighted by Gasteiger charge is -1.86. The molecule has 0 saturated carbocycles. The van der Waals surface area contributed by atoms with Gasteiger partial charge in [0.2, 0.25) is 0 Å². The number of hydrogen-bond donors (Lipinski definition) is 1. The predicted octanol–water partition coefficient (Wildman–Crippen LogP) is 1.24. The van der Waals surface area contributed by atoms with Crippen molar-refractivity contribution in [2.24, 2.45) is 5.14 Å². The predicted molar refractivity (Wildman–Crippen MR) is 53.1 cm³/mol. The van der Waals surface area contributed by atoms with Gasteiger partial charge in [0.25, 0.3) is 10.0 Å². The molecule has 0 fully saturated rings. The van der Waals surface area contributed by atoms with Gasteiger partial charge in [0.05, 0.1) is 0 Å². The zero-order chi connectivity index (χ0) is 10.3. The molecule has 7 heteroatoms. The van der Waals surface area contributed by atoms with Crippen molar-refractivity contribution < 1.29 is 12.8 Å². The monoisotopic (exact) mass is 276 g/mol. The summed E-state index contributed by atoms with van der Waals surface area (Å²) in [5.74, 6) is 0. The maximum absolute atomic E-state index is 10.9. The first-order valence-electron chi connectivity index (χ1n) is 3.56. The lowest BCUT2D eigenvalue weighted by molar-refractivity contribution is 0.459. The Bertz CT molecular complexity index is 590. The van der Waals surface area contributed by atoms with Gasteiger partial charge in [-0.25, -0.2) is 13.6 Å². The summed E-state index contributed by atoms with van der Waals surface area (Å²) in [6, 6.07) is 4.99. The van der Waals surface area contributed by atoms with Crippen molar-refractivity contribution in [3.8, 4) is 0 Å². The minimum absolute atomic E-state index is 0.378. The zero-order valence-corrected chi connectivity index (χ0v) is 9.17. The number of sulfonamides is 1. The third kappa shape index (κ3) is 1.66. The summed E-state index contributed by atoms with van der Waals surface area (Å²) >= 11 is 3.22. The van der Waals surface area contributed by atoms with Gasteiger partial charge >= 0.3 is 5.22 Å². The second kappa shape index (κ2) is 3.04. The van der Waals surface area contributed by atoms with Crippen molar-refractivity contribution in [2.75, 3.05) is 0 Å². The molecule has 0 unspecified atom stereocenters. The molecule has 0 radical (unpaired) electrons. The van der Waals surface area contributed by atoms with E-state index in [-0.39, 0.29) is 0 Å². The minimum atomic E-state index is -3.87. The van der Waals surface area contributed by atoms with Crippen molar-refractivity contribution in [3.63, 3.8) is 0 Å². The molecule has 0 saturated heterocycles. The molecule has 14 heavy (non-hydrogen) atoms. The minimum Gasteiger partial charge on any atom is -0.427 e. The van der Waals surface area contributed by atoms with Crippen molar-refractivity contribution in [2.45, 2.75) is 5.22 Å². The summed E-state index contributed by atoms with van der Waals surface area (Å²) in [6.45, 7) is 0. The Kier molecular flexibility index (Phi) is 2.09. The van der Waals surface area contributed by atoms with E-state index in [4.69, 9.17) is 9.56 Å². The van der Waals surface area contributed by atoms with Gasteiger partial charge in [0, 0.05) is 4.47 Å². The third-order valence-corrected chi connectivity index (χ3v) is 2.73. The molecule has 0 aliphatic heterocycles. The fourth-order valence-electron chi connectivity index (χ4n) is 0.999. The van der Waals surface area contributed by atoms with E-state index >= 15 is 0 Å². The molecule has 1 aromatic heterocycles. The molecule has 0 amide bonds. The Morgan fingerprint density at radius 2 is 2.14 bits per heavy atom. The Morgan fingerprint density at radius 3 is 2.79 bits per heavy atom. The van der Waals surface area contributed by atoms with E-state index in [2.05, 4.69) is 20.9 Å². The molecule has 0 spiro atoms. The van der Waals surface area contributed by atoms with Crippen molar-refractivity contribution in [1.29, 1.82) is 0 Å². The van der Waals surface area contributed by atoms with Crippen LogP contribution in [-0.4, -0.2) is 13.4 Å². The van der Waals surface area contributed by atoms with Gasteiger partial charge in [-0.05, 0) is 18.2 Å². The largest absolute Gasteiger partial charge is 0.427 e. The van der Waals surface area contributed by atoms with Gasteiger partial charge in [0.15, 0.2) is 5.58 Å². The van der Waals surface area contributed by atoms with Crippen LogP contribution in [0.1, 0.15) is 0 Å². The second-order valence-electron chi connectivity index (χ2n) is 2.64. The average molecular weight is 277 g/mol. The van der Waals surface area contributed by atoms with Crippen LogP contribution in [0, 0.1) is 0 Å². The van der Waals surface area contributed by atoms with Crippen LogP contribution in [0.5, 0.6) is 0 Å². The number of hydrogen-bond acceptors (Lipinski definition) is 4. The molecule has 0 bridgehead atoms. The maximum atomic E-state index is 10.9. The Morgan fingerprint density at radius 1 is 1.43 bits per heavy atom. The molecule has 0 aliphatic carbocycles. The lowest BCUT2D eigenvalue weighted by atomic mass is 10.3. The first-order valence-corrected chi connectivity index (χ1v) is 5.89. The van der Waals surface area contributed by atoms with Crippen LogP contribution in [0.2, 0.25) is 0 Å². The van der Waals surface area contributed by atoms with Gasteiger partial charge in [-0.2, -0.15) is 4.98 Å². The summed E-state index contributed by atoms with van der Waals surface area (Å²) in [5.41, 5.74) is 0.834. The summed E-state index contributed by atoms with van der Waals surface area (Å²) in [6.07, 6.45) is 0. The number of nitrogens with zero attached hydrogens (tertiary/aromatic N) is 1. The number of halogens is 1. The molecule has 1 heterocycles. The Hall–Kier alpha value is -0.920. The van der Waals surface area contributed by atoms with E-state index in [1.54, 1.807) is 18.2 Å². The number of aromatic nitrogens is 1. The normalized spacial score (nSPS) is 12.1. The summed E-state index contributed by atoms with van der Waals surface area (Å²) in [5, 5.41) is 4.40. The topological polar surface area (TPSA) is 86.2 Å². The van der Waals surface area contributed by atoms with Crippen LogP contribution in [0.4, 0.5) is 0 Å². The summed E-state index contributed by atoms with van der Waals surface area (Å²) in [4.78, 5) is 3.72. The molecule has 2 rings (SSSR count). The van der Waals surface area contributed by atoms with Crippen LogP contribution in [0.3, 0.4) is 0 Å². The lowest BCUT2D eigenvalue weighted by Crippen LogP contribution is -2.12. The number of nitrogens with two attached hydrogens (primary N) is 1. The number of fused-ring (bicyclic) bond motifs is 1. The van der Waals surface area contributed by atoms with Gasteiger partial charge in [0.1, 0.15) is 5.52 Å². The summed E-state index contributed by atoms with van der Waals surface area (Å²) in [7, 11) is -3.87. The zero-order valence-electron chi connectivity index (χ0n) is 6.77. The molecule has 0 aliphatic rings. The quantitative estimate of drug-likeness (QED) is 0.849. The third-order valence-electron chi connectivity index (χ3n) is 1.57. The number of oxazole rings is 1. The SMILES string of the molecule is NS(=O)(=O)c1nc2ccc(Br)cc2o1. The Labute approximate surface area is 88.1 Å². The van der Waals surface area contributed by atoms with Gasteiger partial charge in [-0.15, -0.1) is 0 Å². The van der Waals surface area contributed by atoms with Gasteiger partial charge < -0.3 is 4.42 Å². The summed E-state index contributed by atoms with van der Waals surface area (Å²) < 4.78 is 27.5. The van der Waals surface area contributed by atoms with E-state index in [1.165, 1.54) is 0 Å². The number of primary sulfonamides is 1. The van der Waals surface area contributed by atoms with E-state index in [9.17, 15) is 8.42 Å². The van der Waals surface area contributed by atoms with Crippen molar-refractivity contribution in [1.82, 2.24) is 4.98 Å². The maximum Gasteiger partial charge on any atom is 0.331 e. The highest BCUT2D eigenvalue weighted by atomic mass is 79.9. The second-order valence-corrected chi connectivity index (χ2v) is 4.99. The smallest absolute Gasteiger partial charge is 0.331 e. The highest BCUT2D eigenvalue weighted by Crippen LogP contribution is 2.21. The van der Waals surface area contributed by atoms with Crippen LogP contribution >= 0.6 is 15.9 Å². The van der Waals surface area contributed by atoms with Gasteiger partial charge in [-0.1, -0.05) is 15.9 Å². The number of benzene rings is 1. The first kappa shape index (κ1) is 9.63. The van der Waals surface area contributed by atoms with Crippen molar-refractivity contribution in [3.05, 3.63) is 22.7 Å². The highest BCUT2D eigenvalue weighted by molar-refractivity contribution is 9.10. The van der Waals surface area contributed by atoms with Gasteiger partial charge in [-0.3, -0.25) is 0 Å². The Balaban J connectivity index is 2.75. The van der Waals surface area contributed by atoms with E-state index in [0.717, 1.165) is 4.47 Å². The molecular weight excluding hydrogens is 272 g/mol. The fourth-order valence-corrected chi connectivity index (χ4v) is 1.77. The fraction of sp³-hybridized carbons (Fsp3) is 0. The molecule has 0 atom stereocenters. The van der Waals surface area contributed by atoms with E-state index < -0.39 is 15.2 Å². The molecule has 2 aromatic rings. The van der Waals surface area contributed by atoms with Crippen LogP contribution in [0.15, 0.2) is 32.3 Å². The molecular formula is C7H5BrN2O3S.